The maximum Gasteiger partial charge on any atom is 0.261 e. The van der Waals surface area contributed by atoms with Gasteiger partial charge in [0.2, 0.25) is 0 Å². The summed E-state index contributed by atoms with van der Waals surface area (Å²) in [5.41, 5.74) is 0.771. The molecule has 0 radical (unpaired) electrons. The quantitative estimate of drug-likeness (QED) is 0.667. The highest BCUT2D eigenvalue weighted by Gasteiger charge is 2.11. The lowest BCUT2D eigenvalue weighted by molar-refractivity contribution is 0.0970. The van der Waals surface area contributed by atoms with E-state index in [-0.39, 0.29) is 17.9 Å². The lowest BCUT2D eigenvalue weighted by Crippen LogP contribution is -2.24. The summed E-state index contributed by atoms with van der Waals surface area (Å²) < 4.78 is 6.64. The van der Waals surface area contributed by atoms with E-state index < -0.39 is 0 Å². The fourth-order valence-corrected chi connectivity index (χ4v) is 2.57. The molecule has 0 fully saturated rings. The minimum absolute atomic E-state index is 0.0811. The molecule has 0 atom stereocenters. The van der Waals surface area contributed by atoms with Crippen LogP contribution in [0, 0.1) is 0 Å². The monoisotopic (exact) mass is 342 g/mol. The van der Waals surface area contributed by atoms with Crippen molar-refractivity contribution < 1.29 is 9.53 Å². The van der Waals surface area contributed by atoms with Gasteiger partial charge in [-0.15, -0.1) is 0 Å². The number of hydrogen-bond acceptors (Lipinski definition) is 4. The second kappa shape index (κ2) is 6.84. The predicted octanol–water partition coefficient (Wildman–Crippen LogP) is 3.33. The summed E-state index contributed by atoms with van der Waals surface area (Å²) in [7, 11) is 0. The third kappa shape index (κ3) is 3.31. The van der Waals surface area contributed by atoms with Crippen LogP contribution in [0.2, 0.25) is 5.02 Å². The summed E-state index contributed by atoms with van der Waals surface area (Å²) in [6.07, 6.45) is 1.38. The number of hydrogen-bond donors (Lipinski definition) is 0. The molecule has 0 N–H and O–H groups in total. The molecule has 0 aliphatic heterocycles. The maximum absolute atomic E-state index is 12.5. The number of nitrogens with zero attached hydrogens (tertiary/aromatic N) is 2. The van der Waals surface area contributed by atoms with Crippen LogP contribution >= 0.6 is 11.6 Å². The molecule has 0 bridgehead atoms. The van der Waals surface area contributed by atoms with Crippen molar-refractivity contribution in [2.24, 2.45) is 0 Å². The fraction of sp³-hybridized carbons (Fsp3) is 0.167. The van der Waals surface area contributed by atoms with Crippen LogP contribution in [-0.4, -0.2) is 21.9 Å². The van der Waals surface area contributed by atoms with E-state index in [1.54, 1.807) is 42.5 Å². The number of aromatic nitrogens is 2. The molecule has 0 spiro atoms. The summed E-state index contributed by atoms with van der Waals surface area (Å²) in [6, 6.07) is 11.7. The smallest absolute Gasteiger partial charge is 0.261 e. The van der Waals surface area contributed by atoms with Crippen molar-refractivity contribution in [3.8, 4) is 5.75 Å². The highest BCUT2D eigenvalue weighted by Crippen LogP contribution is 2.15. The van der Waals surface area contributed by atoms with Gasteiger partial charge in [-0.25, -0.2) is 4.98 Å². The SMILES string of the molecule is CCOc1ccc(C(=O)Cn2cnc3ccc(Cl)cc3c2=O)cc1. The van der Waals surface area contributed by atoms with E-state index in [2.05, 4.69) is 4.98 Å². The van der Waals surface area contributed by atoms with Crippen molar-refractivity contribution in [1.29, 1.82) is 0 Å². The van der Waals surface area contributed by atoms with Gasteiger partial charge in [-0.2, -0.15) is 0 Å². The molecular weight excluding hydrogens is 328 g/mol. The Labute approximate surface area is 143 Å². The van der Waals surface area contributed by atoms with Crippen molar-refractivity contribution in [3.63, 3.8) is 0 Å². The Morgan fingerprint density at radius 1 is 1.21 bits per heavy atom. The molecule has 0 amide bonds. The molecule has 0 aliphatic carbocycles. The van der Waals surface area contributed by atoms with Crippen LogP contribution in [0.25, 0.3) is 10.9 Å². The van der Waals surface area contributed by atoms with Crippen LogP contribution < -0.4 is 10.3 Å². The summed E-state index contributed by atoms with van der Waals surface area (Å²) in [6.45, 7) is 2.38. The molecule has 24 heavy (non-hydrogen) atoms. The lowest BCUT2D eigenvalue weighted by Gasteiger charge is -2.07. The van der Waals surface area contributed by atoms with Gasteiger partial charge in [-0.1, -0.05) is 11.6 Å². The zero-order valence-corrected chi connectivity index (χ0v) is 13.8. The molecule has 2 aromatic carbocycles. The number of carbonyl (C=O) groups excluding carboxylic acids is 1. The normalized spacial score (nSPS) is 10.8. The number of ether oxygens (including phenoxy) is 1. The molecule has 1 aromatic heterocycles. The van der Waals surface area contributed by atoms with Gasteiger partial charge >= 0.3 is 0 Å². The Morgan fingerprint density at radius 3 is 2.67 bits per heavy atom. The summed E-state index contributed by atoms with van der Waals surface area (Å²) in [5.74, 6) is 0.525. The first kappa shape index (κ1) is 16.2. The second-order valence-electron chi connectivity index (χ2n) is 5.22. The number of halogens is 1. The topological polar surface area (TPSA) is 61.2 Å². The van der Waals surface area contributed by atoms with Crippen LogP contribution in [-0.2, 0) is 6.54 Å². The van der Waals surface area contributed by atoms with Gasteiger partial charge in [-0.05, 0) is 49.4 Å². The van der Waals surface area contributed by atoms with E-state index in [1.165, 1.54) is 10.9 Å². The Kier molecular flexibility index (Phi) is 4.62. The van der Waals surface area contributed by atoms with Gasteiger partial charge in [-0.3, -0.25) is 14.2 Å². The Hall–Kier alpha value is -2.66. The average Bonchev–Trinajstić information content (AvgIpc) is 2.59. The van der Waals surface area contributed by atoms with E-state index in [9.17, 15) is 9.59 Å². The number of ketones is 1. The lowest BCUT2D eigenvalue weighted by atomic mass is 10.1. The zero-order chi connectivity index (χ0) is 17.1. The third-order valence-electron chi connectivity index (χ3n) is 3.59. The van der Waals surface area contributed by atoms with Crippen LogP contribution in [0.1, 0.15) is 17.3 Å². The molecule has 122 valence electrons. The minimum atomic E-state index is -0.290. The van der Waals surface area contributed by atoms with E-state index in [0.29, 0.717) is 33.8 Å². The fourth-order valence-electron chi connectivity index (χ4n) is 2.39. The maximum atomic E-state index is 12.5. The van der Waals surface area contributed by atoms with Gasteiger partial charge in [0.1, 0.15) is 5.75 Å². The largest absolute Gasteiger partial charge is 0.494 e. The molecule has 0 saturated heterocycles. The summed E-state index contributed by atoms with van der Waals surface area (Å²) in [4.78, 5) is 29.1. The summed E-state index contributed by atoms with van der Waals surface area (Å²) >= 11 is 5.93. The van der Waals surface area contributed by atoms with Crippen molar-refractivity contribution in [3.05, 3.63) is 69.7 Å². The molecule has 0 unspecified atom stereocenters. The van der Waals surface area contributed by atoms with E-state index in [4.69, 9.17) is 16.3 Å². The Balaban J connectivity index is 1.87. The molecular formula is C18H15ClN2O3. The van der Waals surface area contributed by atoms with Crippen molar-refractivity contribution in [2.45, 2.75) is 13.5 Å². The van der Waals surface area contributed by atoms with Crippen LogP contribution in [0.15, 0.2) is 53.6 Å². The van der Waals surface area contributed by atoms with Crippen LogP contribution in [0.5, 0.6) is 5.75 Å². The highest BCUT2D eigenvalue weighted by molar-refractivity contribution is 6.31. The minimum Gasteiger partial charge on any atom is -0.494 e. The van der Waals surface area contributed by atoms with Crippen molar-refractivity contribution >= 4 is 28.3 Å². The molecule has 3 aromatic rings. The van der Waals surface area contributed by atoms with Crippen LogP contribution in [0.3, 0.4) is 0 Å². The first-order chi connectivity index (χ1) is 11.6. The molecule has 3 rings (SSSR count). The van der Waals surface area contributed by atoms with Gasteiger partial charge in [0.25, 0.3) is 5.56 Å². The van der Waals surface area contributed by atoms with E-state index in [1.807, 2.05) is 6.92 Å². The first-order valence-corrected chi connectivity index (χ1v) is 7.87. The molecule has 6 heteroatoms. The van der Waals surface area contributed by atoms with E-state index >= 15 is 0 Å². The van der Waals surface area contributed by atoms with Crippen LogP contribution in [0.4, 0.5) is 0 Å². The average molecular weight is 343 g/mol. The highest BCUT2D eigenvalue weighted by atomic mass is 35.5. The number of Topliss-reactive ketones (excluding diaryl/α,β-unsaturated/α-hetero) is 1. The molecule has 0 saturated carbocycles. The molecule has 0 aliphatic rings. The molecule has 5 nitrogen and oxygen atoms in total. The van der Waals surface area contributed by atoms with Gasteiger partial charge in [0.05, 0.1) is 30.4 Å². The number of rotatable bonds is 5. The van der Waals surface area contributed by atoms with Gasteiger partial charge in [0, 0.05) is 10.6 Å². The van der Waals surface area contributed by atoms with Crippen molar-refractivity contribution in [2.75, 3.05) is 6.61 Å². The second-order valence-corrected chi connectivity index (χ2v) is 5.66. The number of fused-ring (bicyclic) bond motifs is 1. The Bertz CT molecular complexity index is 949. The Morgan fingerprint density at radius 2 is 1.96 bits per heavy atom. The zero-order valence-electron chi connectivity index (χ0n) is 13.0. The summed E-state index contributed by atoms with van der Waals surface area (Å²) in [5, 5.41) is 0.849. The third-order valence-corrected chi connectivity index (χ3v) is 3.82. The molecule has 1 heterocycles. The first-order valence-electron chi connectivity index (χ1n) is 7.49. The van der Waals surface area contributed by atoms with E-state index in [0.717, 1.165) is 0 Å². The predicted molar refractivity (Wildman–Crippen MR) is 93.0 cm³/mol. The van der Waals surface area contributed by atoms with Crippen molar-refractivity contribution in [1.82, 2.24) is 9.55 Å². The van der Waals surface area contributed by atoms with Gasteiger partial charge < -0.3 is 4.74 Å². The standard InChI is InChI=1S/C18H15ClN2O3/c1-2-24-14-6-3-12(4-7-14)17(22)10-21-11-20-16-8-5-13(19)9-15(16)18(21)23/h3-9,11H,2,10H2,1H3. The van der Waals surface area contributed by atoms with Gasteiger partial charge in [0.15, 0.2) is 5.78 Å². The number of benzene rings is 2. The number of carbonyl (C=O) groups is 1.